The van der Waals surface area contributed by atoms with Gasteiger partial charge in [-0.1, -0.05) is 69.0 Å². The summed E-state index contributed by atoms with van der Waals surface area (Å²) in [5.41, 5.74) is 7.43. The summed E-state index contributed by atoms with van der Waals surface area (Å²) >= 11 is 0. The largest absolute Gasteiger partial charge is 0.289 e. The Labute approximate surface area is 183 Å². The third-order valence-corrected chi connectivity index (χ3v) is 9.05. The molecule has 2 aromatic rings. The monoisotopic (exact) mass is 422 g/mol. The maximum atomic E-state index is 14.1. The van der Waals surface area contributed by atoms with Crippen LogP contribution in [-0.2, 0) is 12.8 Å². The van der Waals surface area contributed by atoms with Crippen LogP contribution in [0.25, 0.3) is 0 Å². The number of carbonyl (C=O) groups is 2. The Bertz CT molecular complexity index is 893. The van der Waals surface area contributed by atoms with Gasteiger partial charge in [-0.3, -0.25) is 9.59 Å². The number of benzene rings is 2. The predicted molar refractivity (Wildman–Crippen MR) is 128 cm³/mol. The van der Waals surface area contributed by atoms with Crippen LogP contribution in [0.4, 0.5) is 0 Å². The molecule has 0 aliphatic heterocycles. The molecule has 0 saturated heterocycles. The van der Waals surface area contributed by atoms with Crippen molar-refractivity contribution in [2.75, 3.05) is 0 Å². The highest BCUT2D eigenvalue weighted by Gasteiger charge is 2.38. The van der Waals surface area contributed by atoms with E-state index >= 15 is 0 Å². The van der Waals surface area contributed by atoms with Crippen LogP contribution in [0.1, 0.15) is 94.5 Å². The lowest BCUT2D eigenvalue weighted by molar-refractivity contribution is 0.104. The first kappa shape index (κ1) is 22.9. The fraction of sp³-hybridized carbons (Fsp3) is 0.481. The number of hydrogen-bond donors (Lipinski definition) is 0. The first-order chi connectivity index (χ1) is 14.4. The standard InChI is InChI=1S/C27H35O2P/c1-6-21-12-11-13-22(7-2)25(21)27(29)30(23-14-9-8-10-15-23)26(28)24-19(4)16-18(3)17-20(24)5/h11-13,16-17,23H,6-10,14-15H2,1-5H3. The Hall–Kier alpha value is -1.79. The molecule has 0 amide bonds. The lowest BCUT2D eigenvalue weighted by Crippen LogP contribution is -2.22. The molecule has 0 spiro atoms. The third kappa shape index (κ3) is 4.59. The molecular weight excluding hydrogens is 387 g/mol. The molecule has 0 radical (unpaired) electrons. The maximum Gasteiger partial charge on any atom is 0.192 e. The Morgan fingerprint density at radius 2 is 1.33 bits per heavy atom. The van der Waals surface area contributed by atoms with Crippen LogP contribution >= 0.6 is 7.92 Å². The van der Waals surface area contributed by atoms with Gasteiger partial charge in [0.05, 0.1) is 0 Å². The first-order valence-electron chi connectivity index (χ1n) is 11.5. The molecule has 0 heterocycles. The molecule has 1 aliphatic carbocycles. The summed E-state index contributed by atoms with van der Waals surface area (Å²) in [6.07, 6.45) is 7.12. The molecule has 3 rings (SSSR count). The summed E-state index contributed by atoms with van der Waals surface area (Å²) in [4.78, 5) is 28.1. The van der Waals surface area contributed by atoms with Gasteiger partial charge < -0.3 is 0 Å². The SMILES string of the molecule is CCc1cccc(CC)c1C(=O)P(C(=O)c1c(C)cc(C)cc1C)C1CCCCC1. The fourth-order valence-corrected chi connectivity index (χ4v) is 7.89. The van der Waals surface area contributed by atoms with Gasteiger partial charge in [-0.2, -0.15) is 0 Å². The Kier molecular flexibility index (Phi) is 7.64. The summed E-state index contributed by atoms with van der Waals surface area (Å²) in [7, 11) is -1.42. The molecule has 1 unspecified atom stereocenters. The van der Waals surface area contributed by atoms with Gasteiger partial charge in [0, 0.05) is 19.0 Å². The molecule has 3 heteroatoms. The van der Waals surface area contributed by atoms with Crippen molar-refractivity contribution >= 4 is 19.0 Å². The van der Waals surface area contributed by atoms with E-state index in [-0.39, 0.29) is 16.7 Å². The molecule has 2 nitrogen and oxygen atoms in total. The highest BCUT2D eigenvalue weighted by atomic mass is 31.1. The first-order valence-corrected chi connectivity index (χ1v) is 12.9. The zero-order valence-electron chi connectivity index (χ0n) is 19.2. The van der Waals surface area contributed by atoms with Crippen LogP contribution in [0.5, 0.6) is 0 Å². The van der Waals surface area contributed by atoms with Crippen molar-refractivity contribution in [3.05, 3.63) is 69.3 Å². The molecule has 30 heavy (non-hydrogen) atoms. The number of rotatable bonds is 7. The second-order valence-corrected chi connectivity index (χ2v) is 11.0. The highest BCUT2D eigenvalue weighted by molar-refractivity contribution is 7.90. The van der Waals surface area contributed by atoms with Gasteiger partial charge in [0.1, 0.15) is 0 Å². The van der Waals surface area contributed by atoms with Gasteiger partial charge >= 0.3 is 0 Å². The molecule has 160 valence electrons. The summed E-state index contributed by atoms with van der Waals surface area (Å²) in [5.74, 6) is 0. The Morgan fingerprint density at radius 3 is 1.83 bits per heavy atom. The van der Waals surface area contributed by atoms with E-state index in [1.807, 2.05) is 19.9 Å². The quantitative estimate of drug-likeness (QED) is 0.432. The molecule has 1 aliphatic rings. The van der Waals surface area contributed by atoms with Crippen LogP contribution in [0.15, 0.2) is 30.3 Å². The van der Waals surface area contributed by atoms with Crippen LogP contribution < -0.4 is 0 Å². The minimum atomic E-state index is -1.42. The minimum Gasteiger partial charge on any atom is -0.289 e. The summed E-state index contributed by atoms with van der Waals surface area (Å²) < 4.78 is 0. The molecule has 2 aromatic carbocycles. The number of hydrogen-bond acceptors (Lipinski definition) is 2. The number of aryl methyl sites for hydroxylation is 5. The van der Waals surface area contributed by atoms with E-state index in [0.29, 0.717) is 0 Å². The normalized spacial score (nSPS) is 15.8. The third-order valence-electron chi connectivity index (χ3n) is 6.48. The van der Waals surface area contributed by atoms with Crippen molar-refractivity contribution < 1.29 is 9.59 Å². The topological polar surface area (TPSA) is 34.1 Å². The van der Waals surface area contributed by atoms with Crippen LogP contribution in [0.2, 0.25) is 0 Å². The number of carbonyl (C=O) groups excluding carboxylic acids is 2. The molecule has 1 atom stereocenters. The second-order valence-electron chi connectivity index (χ2n) is 8.70. The zero-order chi connectivity index (χ0) is 21.8. The molecular formula is C27H35O2P. The van der Waals surface area contributed by atoms with Gasteiger partial charge in [0.25, 0.3) is 0 Å². The zero-order valence-corrected chi connectivity index (χ0v) is 20.1. The van der Waals surface area contributed by atoms with Crippen molar-refractivity contribution in [2.24, 2.45) is 0 Å². The molecule has 1 saturated carbocycles. The van der Waals surface area contributed by atoms with Gasteiger partial charge in [-0.25, -0.2) is 0 Å². The van der Waals surface area contributed by atoms with E-state index in [1.54, 1.807) is 0 Å². The van der Waals surface area contributed by atoms with E-state index in [2.05, 4.69) is 45.0 Å². The van der Waals surface area contributed by atoms with Crippen molar-refractivity contribution in [1.29, 1.82) is 0 Å². The van der Waals surface area contributed by atoms with Crippen molar-refractivity contribution in [3.63, 3.8) is 0 Å². The minimum absolute atomic E-state index is 0.102. The molecule has 1 fully saturated rings. The Balaban J connectivity index is 2.13. The lowest BCUT2D eigenvalue weighted by Gasteiger charge is -2.30. The summed E-state index contributed by atoms with van der Waals surface area (Å²) in [6.45, 7) is 10.3. The Morgan fingerprint density at radius 1 is 0.833 bits per heavy atom. The smallest absolute Gasteiger partial charge is 0.192 e. The highest BCUT2D eigenvalue weighted by Crippen LogP contribution is 2.54. The van der Waals surface area contributed by atoms with Crippen LogP contribution in [0.3, 0.4) is 0 Å². The van der Waals surface area contributed by atoms with Gasteiger partial charge in [0.15, 0.2) is 11.0 Å². The second kappa shape index (κ2) is 10.0. The predicted octanol–water partition coefficient (Wildman–Crippen LogP) is 7.53. The van der Waals surface area contributed by atoms with Gasteiger partial charge in [-0.15, -0.1) is 0 Å². The van der Waals surface area contributed by atoms with E-state index in [9.17, 15) is 9.59 Å². The average Bonchev–Trinajstić information content (AvgIpc) is 2.73. The fourth-order valence-electron chi connectivity index (χ4n) is 5.04. The summed E-state index contributed by atoms with van der Waals surface area (Å²) in [5, 5.41) is 0. The van der Waals surface area contributed by atoms with Crippen molar-refractivity contribution in [1.82, 2.24) is 0 Å². The molecule has 0 bridgehead atoms. The van der Waals surface area contributed by atoms with E-state index in [0.717, 1.165) is 71.9 Å². The summed E-state index contributed by atoms with van der Waals surface area (Å²) in [6, 6.07) is 10.3. The van der Waals surface area contributed by atoms with Crippen molar-refractivity contribution in [3.8, 4) is 0 Å². The van der Waals surface area contributed by atoms with Gasteiger partial charge in [-0.05, 0) is 74.4 Å². The van der Waals surface area contributed by atoms with Gasteiger partial charge in [0.2, 0.25) is 0 Å². The molecule has 0 N–H and O–H groups in total. The maximum absolute atomic E-state index is 14.1. The van der Waals surface area contributed by atoms with E-state index < -0.39 is 7.92 Å². The lowest BCUT2D eigenvalue weighted by atomic mass is 9.98. The van der Waals surface area contributed by atoms with Crippen LogP contribution in [0, 0.1) is 20.8 Å². The average molecular weight is 423 g/mol. The van der Waals surface area contributed by atoms with E-state index in [4.69, 9.17) is 0 Å². The van der Waals surface area contributed by atoms with Crippen LogP contribution in [-0.4, -0.2) is 16.7 Å². The van der Waals surface area contributed by atoms with Crippen molar-refractivity contribution in [2.45, 2.75) is 85.2 Å². The van der Waals surface area contributed by atoms with E-state index in [1.165, 1.54) is 12.0 Å². The molecule has 0 aromatic heterocycles.